The largest absolute Gasteiger partial charge is 0.494 e. The summed E-state index contributed by atoms with van der Waals surface area (Å²) in [5.74, 6) is 0.464. The Hall–Kier alpha value is -3.12. The zero-order chi connectivity index (χ0) is 23.4. The van der Waals surface area contributed by atoms with Crippen LogP contribution in [0.25, 0.3) is 0 Å². The van der Waals surface area contributed by atoms with Crippen LogP contribution in [0, 0.1) is 5.92 Å². The first-order chi connectivity index (χ1) is 16.0. The third-order valence-electron chi connectivity index (χ3n) is 5.84. The summed E-state index contributed by atoms with van der Waals surface area (Å²) in [6.07, 6.45) is 0. The summed E-state index contributed by atoms with van der Waals surface area (Å²) in [7, 11) is 0. The van der Waals surface area contributed by atoms with Crippen LogP contribution in [0.4, 0.5) is 0 Å². The number of benzene rings is 2. The molecule has 3 aromatic rings. The number of fused-ring (bicyclic) bond motifs is 1. The highest BCUT2D eigenvalue weighted by molar-refractivity contribution is 7.10. The minimum absolute atomic E-state index is 0.0107. The second-order valence-corrected chi connectivity index (χ2v) is 9.61. The number of amides is 2. The molecule has 0 aliphatic carbocycles. The molecule has 1 N–H and O–H groups in total. The molecule has 2 heterocycles. The Labute approximate surface area is 199 Å². The van der Waals surface area contributed by atoms with Crippen molar-refractivity contribution in [3.05, 3.63) is 87.6 Å². The first-order valence-corrected chi connectivity index (χ1v) is 12.3. The molecular weight excluding hydrogens is 432 g/mol. The van der Waals surface area contributed by atoms with Crippen LogP contribution in [0.15, 0.2) is 66.0 Å². The predicted molar refractivity (Wildman–Crippen MR) is 132 cm³/mol. The fraction of sp³-hybridized carbons (Fsp3) is 0.333. The number of carbonyl (C=O) groups is 2. The van der Waals surface area contributed by atoms with Crippen LogP contribution in [-0.2, 0) is 11.3 Å². The summed E-state index contributed by atoms with van der Waals surface area (Å²) in [4.78, 5) is 30.2. The molecule has 0 bridgehead atoms. The van der Waals surface area contributed by atoms with Gasteiger partial charge < -0.3 is 15.0 Å². The van der Waals surface area contributed by atoms with E-state index in [0.717, 1.165) is 21.8 Å². The summed E-state index contributed by atoms with van der Waals surface area (Å²) >= 11 is 1.59. The molecule has 5 nitrogen and oxygen atoms in total. The van der Waals surface area contributed by atoms with Crippen LogP contribution in [0.1, 0.15) is 59.1 Å². The van der Waals surface area contributed by atoms with Gasteiger partial charge in [-0.3, -0.25) is 9.59 Å². The highest BCUT2D eigenvalue weighted by atomic mass is 32.1. The minimum Gasteiger partial charge on any atom is -0.494 e. The molecule has 33 heavy (non-hydrogen) atoms. The number of hydrogen-bond acceptors (Lipinski definition) is 4. The smallest absolute Gasteiger partial charge is 0.254 e. The summed E-state index contributed by atoms with van der Waals surface area (Å²) in [6.45, 7) is 7.65. The van der Waals surface area contributed by atoms with Gasteiger partial charge in [0.05, 0.1) is 18.6 Å². The van der Waals surface area contributed by atoms with Gasteiger partial charge in [0.15, 0.2) is 0 Å². The van der Waals surface area contributed by atoms with Crippen molar-refractivity contribution in [2.75, 3.05) is 13.2 Å². The third kappa shape index (κ3) is 4.81. The van der Waals surface area contributed by atoms with Gasteiger partial charge in [0, 0.05) is 29.1 Å². The number of ether oxygens (including phenoxy) is 1. The van der Waals surface area contributed by atoms with Gasteiger partial charge in [0.25, 0.3) is 5.91 Å². The zero-order valence-electron chi connectivity index (χ0n) is 19.3. The van der Waals surface area contributed by atoms with E-state index in [2.05, 4.69) is 19.2 Å². The van der Waals surface area contributed by atoms with Crippen LogP contribution in [0.2, 0.25) is 0 Å². The molecule has 4 rings (SSSR count). The molecule has 0 radical (unpaired) electrons. The molecule has 2 aromatic carbocycles. The van der Waals surface area contributed by atoms with Crippen molar-refractivity contribution in [1.29, 1.82) is 0 Å². The molecule has 1 aliphatic heterocycles. The fourth-order valence-electron chi connectivity index (χ4n) is 4.48. The molecule has 0 unspecified atom stereocenters. The summed E-state index contributed by atoms with van der Waals surface area (Å²) in [5.41, 5.74) is 2.33. The number of nitrogens with one attached hydrogen (secondary N) is 1. The average molecular weight is 463 g/mol. The molecular formula is C27H30N2O3S. The molecule has 0 saturated heterocycles. The Morgan fingerprint density at radius 2 is 1.85 bits per heavy atom. The zero-order valence-corrected chi connectivity index (χ0v) is 20.1. The molecule has 1 aromatic heterocycles. The lowest BCUT2D eigenvalue weighted by Crippen LogP contribution is -2.48. The molecule has 0 spiro atoms. The molecule has 2 amide bonds. The number of hydrogen-bond donors (Lipinski definition) is 1. The number of para-hydroxylation sites is 1. The molecule has 1 aliphatic rings. The van der Waals surface area contributed by atoms with Crippen molar-refractivity contribution in [3.63, 3.8) is 0 Å². The van der Waals surface area contributed by atoms with E-state index < -0.39 is 5.92 Å². The average Bonchev–Trinajstić information content (AvgIpc) is 3.34. The lowest BCUT2D eigenvalue weighted by atomic mass is 9.81. The molecule has 0 saturated carbocycles. The summed E-state index contributed by atoms with van der Waals surface area (Å²) < 4.78 is 5.72. The number of rotatable bonds is 8. The lowest BCUT2D eigenvalue weighted by Gasteiger charge is -2.42. The van der Waals surface area contributed by atoms with Crippen LogP contribution < -0.4 is 10.1 Å². The monoisotopic (exact) mass is 462 g/mol. The van der Waals surface area contributed by atoms with Gasteiger partial charge in [-0.2, -0.15) is 0 Å². The van der Waals surface area contributed by atoms with Crippen molar-refractivity contribution in [3.8, 4) is 5.75 Å². The Morgan fingerprint density at radius 1 is 1.09 bits per heavy atom. The molecule has 0 fully saturated rings. The Balaban J connectivity index is 1.71. The van der Waals surface area contributed by atoms with E-state index in [1.165, 1.54) is 0 Å². The maximum Gasteiger partial charge on any atom is 0.254 e. The van der Waals surface area contributed by atoms with Crippen molar-refractivity contribution in [1.82, 2.24) is 10.2 Å². The van der Waals surface area contributed by atoms with Crippen molar-refractivity contribution in [2.24, 2.45) is 5.92 Å². The van der Waals surface area contributed by atoms with Gasteiger partial charge in [-0.05, 0) is 42.0 Å². The molecule has 6 heteroatoms. The van der Waals surface area contributed by atoms with Gasteiger partial charge in [-0.25, -0.2) is 0 Å². The second kappa shape index (κ2) is 10.2. The van der Waals surface area contributed by atoms with E-state index in [1.54, 1.807) is 11.3 Å². The van der Waals surface area contributed by atoms with Gasteiger partial charge in [0.2, 0.25) is 5.91 Å². The van der Waals surface area contributed by atoms with Gasteiger partial charge in [-0.1, -0.05) is 56.3 Å². The minimum atomic E-state index is -0.490. The number of thiophene rings is 1. The van der Waals surface area contributed by atoms with Gasteiger partial charge >= 0.3 is 0 Å². The first-order valence-electron chi connectivity index (χ1n) is 11.4. The van der Waals surface area contributed by atoms with E-state index in [0.29, 0.717) is 25.3 Å². The predicted octanol–water partition coefficient (Wildman–Crippen LogP) is 5.40. The third-order valence-corrected chi connectivity index (χ3v) is 6.79. The second-order valence-electron chi connectivity index (χ2n) is 8.64. The SMILES string of the molecule is CCOc1ccccc1CNC(=O)[C@@H]1c2ccccc2C(=O)N(CC(C)C)[C@H]1c1cccs1. The maximum atomic E-state index is 13.8. The van der Waals surface area contributed by atoms with Crippen LogP contribution in [0.5, 0.6) is 5.75 Å². The highest BCUT2D eigenvalue weighted by Gasteiger charge is 2.44. The van der Waals surface area contributed by atoms with E-state index >= 15 is 0 Å². The maximum absolute atomic E-state index is 13.8. The van der Waals surface area contributed by atoms with Crippen molar-refractivity contribution >= 4 is 23.2 Å². The van der Waals surface area contributed by atoms with Gasteiger partial charge in [0.1, 0.15) is 5.75 Å². The standard InChI is InChI=1S/C27H30N2O3S/c1-4-32-22-13-8-5-10-19(22)16-28-26(30)24-20-11-6-7-12-21(20)27(31)29(17-18(2)3)25(24)23-14-9-15-33-23/h5-15,18,24-25H,4,16-17H2,1-3H3,(H,28,30)/t24-,25+/m1/s1. The van der Waals surface area contributed by atoms with Crippen molar-refractivity contribution in [2.45, 2.75) is 39.3 Å². The summed E-state index contributed by atoms with van der Waals surface area (Å²) in [6, 6.07) is 18.9. The van der Waals surface area contributed by atoms with Crippen LogP contribution in [-0.4, -0.2) is 29.9 Å². The lowest BCUT2D eigenvalue weighted by molar-refractivity contribution is -0.124. The first kappa shape index (κ1) is 23.1. The number of carbonyl (C=O) groups excluding carboxylic acids is 2. The van der Waals surface area contributed by atoms with Gasteiger partial charge in [-0.15, -0.1) is 11.3 Å². The Bertz CT molecular complexity index is 1110. The van der Waals surface area contributed by atoms with E-state index in [4.69, 9.17) is 4.74 Å². The molecule has 172 valence electrons. The molecule has 2 atom stereocenters. The van der Waals surface area contributed by atoms with E-state index in [-0.39, 0.29) is 23.8 Å². The van der Waals surface area contributed by atoms with Crippen LogP contribution >= 0.6 is 11.3 Å². The van der Waals surface area contributed by atoms with E-state index in [9.17, 15) is 9.59 Å². The normalized spacial score (nSPS) is 17.7. The fourth-order valence-corrected chi connectivity index (χ4v) is 5.36. The quantitative estimate of drug-likeness (QED) is 0.488. The van der Waals surface area contributed by atoms with Crippen molar-refractivity contribution < 1.29 is 14.3 Å². The van der Waals surface area contributed by atoms with Crippen LogP contribution in [0.3, 0.4) is 0 Å². The Morgan fingerprint density at radius 3 is 2.58 bits per heavy atom. The Kier molecular flexibility index (Phi) is 7.14. The van der Waals surface area contributed by atoms with E-state index in [1.807, 2.05) is 77.9 Å². The topological polar surface area (TPSA) is 58.6 Å². The highest BCUT2D eigenvalue weighted by Crippen LogP contribution is 2.44. The summed E-state index contributed by atoms with van der Waals surface area (Å²) in [5, 5.41) is 5.14. The number of nitrogens with zero attached hydrogens (tertiary/aromatic N) is 1.